The van der Waals surface area contributed by atoms with Gasteiger partial charge in [-0.1, -0.05) is 23.7 Å². The summed E-state index contributed by atoms with van der Waals surface area (Å²) in [5, 5.41) is 21.8. The zero-order valence-electron chi connectivity index (χ0n) is 20.3. The van der Waals surface area contributed by atoms with Crippen LogP contribution in [0.25, 0.3) is 5.76 Å². The number of halogens is 1. The maximum Gasteiger partial charge on any atom is 0.338 e. The van der Waals surface area contributed by atoms with Crippen molar-refractivity contribution in [3.8, 4) is 11.5 Å². The molecule has 1 aliphatic heterocycles. The third kappa shape index (κ3) is 4.75. The molecule has 1 aliphatic rings. The molecule has 1 unspecified atom stereocenters. The van der Waals surface area contributed by atoms with E-state index < -0.39 is 29.5 Å². The van der Waals surface area contributed by atoms with Gasteiger partial charge in [0.05, 0.1) is 41.5 Å². The topological polar surface area (TPSA) is 113 Å². The molecule has 3 aromatic carbocycles. The Bertz CT molecular complexity index is 1430. The van der Waals surface area contributed by atoms with Crippen LogP contribution in [0.5, 0.6) is 11.5 Å². The number of aryl methyl sites for hydroxylation is 1. The van der Waals surface area contributed by atoms with Crippen molar-refractivity contribution in [3.05, 3.63) is 93.5 Å². The van der Waals surface area contributed by atoms with E-state index in [0.29, 0.717) is 16.8 Å². The van der Waals surface area contributed by atoms with Crippen molar-refractivity contribution in [3.63, 3.8) is 0 Å². The number of rotatable bonds is 6. The van der Waals surface area contributed by atoms with Crippen molar-refractivity contribution in [2.24, 2.45) is 0 Å². The van der Waals surface area contributed by atoms with Gasteiger partial charge >= 0.3 is 5.97 Å². The lowest BCUT2D eigenvalue weighted by molar-refractivity contribution is -0.132. The molecule has 0 spiro atoms. The molecule has 4 rings (SSSR count). The number of phenols is 1. The van der Waals surface area contributed by atoms with Crippen LogP contribution in [0.4, 0.5) is 5.69 Å². The summed E-state index contributed by atoms with van der Waals surface area (Å²) in [6, 6.07) is 14.2. The first-order chi connectivity index (χ1) is 17.7. The number of amides is 1. The normalized spacial score (nSPS) is 16.6. The maximum absolute atomic E-state index is 13.4. The van der Waals surface area contributed by atoms with Crippen molar-refractivity contribution in [1.29, 1.82) is 0 Å². The van der Waals surface area contributed by atoms with Gasteiger partial charge in [0.2, 0.25) is 0 Å². The second-order valence-corrected chi connectivity index (χ2v) is 8.77. The standard InChI is InChI=1S/C28H24ClNO7/c1-4-37-28(35)16-8-10-18(11-9-16)30-23(17-6-5-7-19(31)14-17)22(25(33)27(30)34)24(32)20-12-15(2)13-21(29)26(20)36-3/h5-14,23,31-32H,4H2,1-3H3/b24-22+. The lowest BCUT2D eigenvalue weighted by atomic mass is 9.94. The molecule has 37 heavy (non-hydrogen) atoms. The van der Waals surface area contributed by atoms with Crippen molar-refractivity contribution in [2.75, 3.05) is 18.6 Å². The number of phenolic OH excluding ortho intramolecular Hbond substituents is 1. The van der Waals surface area contributed by atoms with Gasteiger partial charge in [-0.2, -0.15) is 0 Å². The fourth-order valence-electron chi connectivity index (χ4n) is 4.34. The van der Waals surface area contributed by atoms with Gasteiger partial charge in [0.25, 0.3) is 11.7 Å². The Balaban J connectivity index is 1.93. The van der Waals surface area contributed by atoms with Crippen molar-refractivity contribution in [1.82, 2.24) is 0 Å². The van der Waals surface area contributed by atoms with E-state index in [-0.39, 0.29) is 39.8 Å². The van der Waals surface area contributed by atoms with Crippen molar-refractivity contribution >= 4 is 40.7 Å². The molecule has 0 radical (unpaired) electrons. The summed E-state index contributed by atoms with van der Waals surface area (Å²) in [5.41, 5.74) is 1.60. The molecule has 1 heterocycles. The Kier molecular flexibility index (Phi) is 7.22. The number of benzene rings is 3. The van der Waals surface area contributed by atoms with Gasteiger partial charge in [-0.3, -0.25) is 14.5 Å². The number of aromatic hydroxyl groups is 1. The number of methoxy groups -OCH3 is 1. The molecule has 2 N–H and O–H groups in total. The highest BCUT2D eigenvalue weighted by atomic mass is 35.5. The number of nitrogens with zero attached hydrogens (tertiary/aromatic N) is 1. The number of carbonyl (C=O) groups excluding carboxylic acids is 3. The van der Waals surface area contributed by atoms with E-state index >= 15 is 0 Å². The molecular formula is C28H24ClNO7. The second kappa shape index (κ2) is 10.4. The first-order valence-electron chi connectivity index (χ1n) is 11.4. The predicted octanol–water partition coefficient (Wildman–Crippen LogP) is 5.17. The molecule has 0 aliphatic carbocycles. The average Bonchev–Trinajstić information content (AvgIpc) is 3.13. The minimum atomic E-state index is -1.09. The van der Waals surface area contributed by atoms with Crippen LogP contribution >= 0.6 is 11.6 Å². The summed E-state index contributed by atoms with van der Waals surface area (Å²) < 4.78 is 10.4. The van der Waals surface area contributed by atoms with Gasteiger partial charge in [0, 0.05) is 5.69 Å². The molecule has 8 nitrogen and oxygen atoms in total. The number of ether oxygens (including phenoxy) is 2. The van der Waals surface area contributed by atoms with Crippen LogP contribution in [-0.2, 0) is 14.3 Å². The molecule has 1 atom stereocenters. The van der Waals surface area contributed by atoms with E-state index in [2.05, 4.69) is 0 Å². The minimum absolute atomic E-state index is 0.0862. The van der Waals surface area contributed by atoms with Crippen LogP contribution in [0, 0.1) is 6.92 Å². The van der Waals surface area contributed by atoms with Gasteiger partial charge in [0.1, 0.15) is 17.3 Å². The molecule has 190 valence electrons. The maximum atomic E-state index is 13.4. The molecule has 3 aromatic rings. The molecule has 1 fully saturated rings. The first kappa shape index (κ1) is 25.8. The highest BCUT2D eigenvalue weighted by molar-refractivity contribution is 6.51. The molecular weight excluding hydrogens is 498 g/mol. The van der Waals surface area contributed by atoms with Gasteiger partial charge in [-0.15, -0.1) is 0 Å². The van der Waals surface area contributed by atoms with E-state index in [4.69, 9.17) is 21.1 Å². The van der Waals surface area contributed by atoms with Gasteiger partial charge in [0.15, 0.2) is 0 Å². The lowest BCUT2D eigenvalue weighted by Crippen LogP contribution is -2.29. The van der Waals surface area contributed by atoms with E-state index in [1.54, 1.807) is 38.1 Å². The number of ketones is 1. The fraction of sp³-hybridized carbons (Fsp3) is 0.179. The molecule has 0 aromatic heterocycles. The Labute approximate surface area is 218 Å². The summed E-state index contributed by atoms with van der Waals surface area (Å²) in [4.78, 5) is 40.0. The van der Waals surface area contributed by atoms with Crippen LogP contribution in [0.3, 0.4) is 0 Å². The molecule has 1 saturated heterocycles. The summed E-state index contributed by atoms with van der Waals surface area (Å²) in [6.45, 7) is 3.66. The van der Waals surface area contributed by atoms with Crippen LogP contribution in [-0.4, -0.2) is 41.6 Å². The third-order valence-electron chi connectivity index (χ3n) is 5.93. The number of aliphatic hydroxyl groups is 1. The lowest BCUT2D eigenvalue weighted by Gasteiger charge is -2.26. The molecule has 9 heteroatoms. The van der Waals surface area contributed by atoms with E-state index in [1.807, 2.05) is 0 Å². The van der Waals surface area contributed by atoms with Crippen LogP contribution in [0.15, 0.2) is 66.2 Å². The SMILES string of the molecule is CCOC(=O)c1ccc(N2C(=O)C(=O)/C(=C(/O)c3cc(C)cc(Cl)c3OC)C2c2cccc(O)c2)cc1. The predicted molar refractivity (Wildman–Crippen MR) is 138 cm³/mol. The van der Waals surface area contributed by atoms with Crippen molar-refractivity contribution in [2.45, 2.75) is 19.9 Å². The number of hydrogen-bond acceptors (Lipinski definition) is 7. The molecule has 0 saturated carbocycles. The minimum Gasteiger partial charge on any atom is -0.508 e. The van der Waals surface area contributed by atoms with Gasteiger partial charge in [-0.25, -0.2) is 4.79 Å². The number of hydrogen-bond donors (Lipinski definition) is 2. The van der Waals surface area contributed by atoms with E-state index in [9.17, 15) is 24.6 Å². The first-order valence-corrected chi connectivity index (χ1v) is 11.8. The summed E-state index contributed by atoms with van der Waals surface area (Å²) in [7, 11) is 1.38. The van der Waals surface area contributed by atoms with E-state index in [1.165, 1.54) is 48.4 Å². The zero-order chi connectivity index (χ0) is 26.9. The van der Waals surface area contributed by atoms with Gasteiger partial charge in [-0.05, 0) is 73.5 Å². The van der Waals surface area contributed by atoms with Crippen molar-refractivity contribution < 1.29 is 34.1 Å². The van der Waals surface area contributed by atoms with Gasteiger partial charge < -0.3 is 19.7 Å². The Morgan fingerprint density at radius 2 is 1.78 bits per heavy atom. The van der Waals surface area contributed by atoms with E-state index in [0.717, 1.165) is 0 Å². The number of esters is 1. The smallest absolute Gasteiger partial charge is 0.338 e. The number of carbonyl (C=O) groups is 3. The number of anilines is 1. The highest BCUT2D eigenvalue weighted by Gasteiger charge is 2.47. The largest absolute Gasteiger partial charge is 0.508 e. The highest BCUT2D eigenvalue weighted by Crippen LogP contribution is 2.45. The summed E-state index contributed by atoms with van der Waals surface area (Å²) in [5.74, 6) is -2.76. The Morgan fingerprint density at radius 3 is 2.41 bits per heavy atom. The second-order valence-electron chi connectivity index (χ2n) is 8.36. The molecule has 1 amide bonds. The Morgan fingerprint density at radius 1 is 1.08 bits per heavy atom. The number of Topliss-reactive ketones (excluding diaryl/α,β-unsaturated/α-hetero) is 1. The Hall–Kier alpha value is -4.30. The summed E-state index contributed by atoms with van der Waals surface area (Å²) in [6.07, 6.45) is 0. The van der Waals surface area contributed by atoms with Crippen LogP contribution < -0.4 is 9.64 Å². The molecule has 0 bridgehead atoms. The zero-order valence-corrected chi connectivity index (χ0v) is 21.1. The fourth-order valence-corrected chi connectivity index (χ4v) is 4.69. The van der Waals surface area contributed by atoms with Crippen LogP contribution in [0.2, 0.25) is 5.02 Å². The van der Waals surface area contributed by atoms with Crippen LogP contribution in [0.1, 0.15) is 40.0 Å². The quantitative estimate of drug-likeness (QED) is 0.199. The monoisotopic (exact) mass is 521 g/mol. The number of aliphatic hydroxyl groups excluding tert-OH is 1. The average molecular weight is 522 g/mol. The summed E-state index contributed by atoms with van der Waals surface area (Å²) >= 11 is 6.32. The third-order valence-corrected chi connectivity index (χ3v) is 6.21.